The first-order valence-electron chi connectivity index (χ1n) is 8.02. The van der Waals surface area contributed by atoms with Crippen molar-refractivity contribution in [3.05, 3.63) is 40.4 Å². The molecular weight excluding hydrogens is 294 g/mol. The molecule has 3 rings (SSSR count). The highest BCUT2D eigenvalue weighted by Gasteiger charge is 2.27. The average molecular weight is 317 g/mol. The average Bonchev–Trinajstić information content (AvgIpc) is 3.13. The second kappa shape index (κ2) is 6.23. The van der Waals surface area contributed by atoms with E-state index in [1.54, 1.807) is 10.7 Å². The molecule has 1 fully saturated rings. The predicted molar refractivity (Wildman–Crippen MR) is 84.9 cm³/mol. The molecule has 23 heavy (non-hydrogen) atoms. The van der Waals surface area contributed by atoms with E-state index in [0.717, 1.165) is 25.1 Å². The van der Waals surface area contributed by atoms with E-state index in [1.807, 2.05) is 6.07 Å². The summed E-state index contributed by atoms with van der Waals surface area (Å²) in [5.74, 6) is 0.612. The highest BCUT2D eigenvalue weighted by atomic mass is 16.5. The van der Waals surface area contributed by atoms with Crippen LogP contribution in [0, 0.1) is 0 Å². The summed E-state index contributed by atoms with van der Waals surface area (Å²) in [6.45, 7) is 8.49. The number of hydrogen-bond acceptors (Lipinski definition) is 6. The van der Waals surface area contributed by atoms with Crippen LogP contribution in [0.25, 0.3) is 0 Å². The van der Waals surface area contributed by atoms with Crippen molar-refractivity contribution in [3.63, 3.8) is 0 Å². The summed E-state index contributed by atoms with van der Waals surface area (Å²) in [6.07, 6.45) is 3.56. The summed E-state index contributed by atoms with van der Waals surface area (Å²) in [5.41, 5.74) is 0.801. The fourth-order valence-corrected chi connectivity index (χ4v) is 2.93. The van der Waals surface area contributed by atoms with Gasteiger partial charge in [0.15, 0.2) is 6.33 Å². The van der Waals surface area contributed by atoms with Crippen LogP contribution in [0.5, 0.6) is 0 Å². The van der Waals surface area contributed by atoms with Crippen LogP contribution in [0.4, 0.5) is 0 Å². The normalized spacial score (nSPS) is 19.3. The monoisotopic (exact) mass is 317 g/mol. The van der Waals surface area contributed by atoms with Gasteiger partial charge in [-0.05, 0) is 25.5 Å². The Morgan fingerprint density at radius 3 is 2.87 bits per heavy atom. The van der Waals surface area contributed by atoms with Crippen molar-refractivity contribution in [1.29, 1.82) is 0 Å². The fourth-order valence-electron chi connectivity index (χ4n) is 2.93. The predicted octanol–water partition coefficient (Wildman–Crippen LogP) is 1.59. The van der Waals surface area contributed by atoms with E-state index in [4.69, 9.17) is 4.52 Å². The van der Waals surface area contributed by atoms with E-state index >= 15 is 0 Å². The lowest BCUT2D eigenvalue weighted by atomic mass is 9.92. The third-order valence-electron chi connectivity index (χ3n) is 4.26. The summed E-state index contributed by atoms with van der Waals surface area (Å²) in [7, 11) is 0. The van der Waals surface area contributed by atoms with Gasteiger partial charge in [-0.2, -0.15) is 10.1 Å². The van der Waals surface area contributed by atoms with E-state index in [1.165, 1.54) is 6.33 Å². The number of nitrogens with zero attached hydrogens (tertiary/aromatic N) is 5. The Morgan fingerprint density at radius 2 is 2.17 bits per heavy atom. The molecule has 0 N–H and O–H groups in total. The van der Waals surface area contributed by atoms with Gasteiger partial charge in [0.05, 0.1) is 18.8 Å². The molecule has 0 aliphatic carbocycles. The lowest BCUT2D eigenvalue weighted by Gasteiger charge is -2.24. The first kappa shape index (κ1) is 15.9. The smallest absolute Gasteiger partial charge is 0.266 e. The summed E-state index contributed by atoms with van der Waals surface area (Å²) >= 11 is 0. The molecule has 7 nitrogen and oxygen atoms in total. The molecule has 3 heterocycles. The first-order valence-corrected chi connectivity index (χ1v) is 8.02. The van der Waals surface area contributed by atoms with E-state index < -0.39 is 0 Å². The standard InChI is InChI=1S/C16H23N5O2/c1-16(2,3)13-6-7-15(22)21(19-13)9-12-5-4-8-20(12)10-14-17-11-18-23-14/h6-7,11-12H,4-5,8-10H2,1-3H3. The van der Waals surface area contributed by atoms with Gasteiger partial charge >= 0.3 is 0 Å². The zero-order valence-electron chi connectivity index (χ0n) is 13.9. The van der Waals surface area contributed by atoms with Crippen molar-refractivity contribution in [3.8, 4) is 0 Å². The van der Waals surface area contributed by atoms with Crippen LogP contribution < -0.4 is 5.56 Å². The zero-order valence-corrected chi connectivity index (χ0v) is 13.9. The molecule has 2 aromatic rings. The summed E-state index contributed by atoms with van der Waals surface area (Å²) < 4.78 is 6.69. The second-order valence-corrected chi connectivity index (χ2v) is 7.09. The Balaban J connectivity index is 1.76. The zero-order chi connectivity index (χ0) is 16.4. The molecule has 1 saturated heterocycles. The van der Waals surface area contributed by atoms with E-state index in [-0.39, 0.29) is 17.0 Å². The largest absolute Gasteiger partial charge is 0.338 e. The minimum atomic E-state index is -0.0748. The highest BCUT2D eigenvalue weighted by molar-refractivity contribution is 5.10. The van der Waals surface area contributed by atoms with Gasteiger partial charge in [0.2, 0.25) is 5.89 Å². The van der Waals surface area contributed by atoms with Gasteiger partial charge in [0.25, 0.3) is 5.56 Å². The van der Waals surface area contributed by atoms with Crippen molar-refractivity contribution in [2.75, 3.05) is 6.54 Å². The Morgan fingerprint density at radius 1 is 1.35 bits per heavy atom. The van der Waals surface area contributed by atoms with Gasteiger partial charge in [0.1, 0.15) is 0 Å². The number of aromatic nitrogens is 4. The van der Waals surface area contributed by atoms with Crippen molar-refractivity contribution in [1.82, 2.24) is 24.8 Å². The third-order valence-corrected chi connectivity index (χ3v) is 4.26. The maximum atomic E-state index is 12.2. The van der Waals surface area contributed by atoms with Crippen LogP contribution >= 0.6 is 0 Å². The van der Waals surface area contributed by atoms with Gasteiger partial charge in [-0.25, -0.2) is 4.68 Å². The molecule has 7 heteroatoms. The van der Waals surface area contributed by atoms with Crippen molar-refractivity contribution < 1.29 is 4.52 Å². The van der Waals surface area contributed by atoms with E-state index in [2.05, 4.69) is 40.9 Å². The molecule has 0 bridgehead atoms. The SMILES string of the molecule is CC(C)(C)c1ccc(=O)n(CC2CCCN2Cc2ncno2)n1. The molecule has 0 amide bonds. The second-order valence-electron chi connectivity index (χ2n) is 7.09. The van der Waals surface area contributed by atoms with Crippen molar-refractivity contribution >= 4 is 0 Å². The van der Waals surface area contributed by atoms with Gasteiger partial charge < -0.3 is 4.52 Å². The lowest BCUT2D eigenvalue weighted by molar-refractivity contribution is 0.189. The molecule has 1 atom stereocenters. The van der Waals surface area contributed by atoms with E-state index in [0.29, 0.717) is 19.0 Å². The maximum Gasteiger partial charge on any atom is 0.266 e. The van der Waals surface area contributed by atoms with Crippen LogP contribution in [0.2, 0.25) is 0 Å². The summed E-state index contributed by atoms with van der Waals surface area (Å²) in [4.78, 5) is 18.5. The third kappa shape index (κ3) is 3.67. The minimum Gasteiger partial charge on any atom is -0.338 e. The molecule has 0 saturated carbocycles. The van der Waals surface area contributed by atoms with Crippen LogP contribution in [-0.4, -0.2) is 37.4 Å². The first-order chi connectivity index (χ1) is 10.9. The number of hydrogen-bond donors (Lipinski definition) is 0. The summed E-state index contributed by atoms with van der Waals surface area (Å²) in [5, 5.41) is 8.21. The minimum absolute atomic E-state index is 0.0531. The van der Waals surface area contributed by atoms with Gasteiger partial charge in [0, 0.05) is 17.5 Å². The Labute approximate surface area is 135 Å². The van der Waals surface area contributed by atoms with Gasteiger partial charge in [-0.15, -0.1) is 0 Å². The van der Waals surface area contributed by atoms with Gasteiger partial charge in [-0.3, -0.25) is 9.69 Å². The quantitative estimate of drug-likeness (QED) is 0.852. The highest BCUT2D eigenvalue weighted by Crippen LogP contribution is 2.21. The van der Waals surface area contributed by atoms with Crippen LogP contribution in [0.3, 0.4) is 0 Å². The molecule has 124 valence electrons. The molecule has 0 aromatic carbocycles. The van der Waals surface area contributed by atoms with Crippen molar-refractivity contribution in [2.45, 2.75) is 58.2 Å². The topological polar surface area (TPSA) is 77.0 Å². The lowest BCUT2D eigenvalue weighted by Crippen LogP contribution is -2.37. The molecule has 1 aliphatic rings. The fraction of sp³-hybridized carbons (Fsp3) is 0.625. The Bertz CT molecular complexity index is 702. The van der Waals surface area contributed by atoms with Crippen LogP contribution in [0.1, 0.15) is 45.2 Å². The Kier molecular flexibility index (Phi) is 4.30. The molecule has 0 spiro atoms. The van der Waals surface area contributed by atoms with Crippen LogP contribution in [0.15, 0.2) is 27.8 Å². The Hall–Kier alpha value is -2.02. The molecule has 2 aromatic heterocycles. The summed E-state index contributed by atoms with van der Waals surface area (Å²) in [6, 6.07) is 3.71. The van der Waals surface area contributed by atoms with Gasteiger partial charge in [-0.1, -0.05) is 25.9 Å². The molecule has 1 unspecified atom stereocenters. The van der Waals surface area contributed by atoms with E-state index in [9.17, 15) is 4.79 Å². The van der Waals surface area contributed by atoms with Crippen molar-refractivity contribution in [2.24, 2.45) is 0 Å². The number of likely N-dealkylation sites (tertiary alicyclic amines) is 1. The number of rotatable bonds is 4. The molecule has 0 radical (unpaired) electrons. The molecular formula is C16H23N5O2. The maximum absolute atomic E-state index is 12.2. The molecule has 1 aliphatic heterocycles. The van der Waals surface area contributed by atoms with Crippen LogP contribution in [-0.2, 0) is 18.5 Å².